The number of hydrogen-bond acceptors (Lipinski definition) is 7. The molecular formula is C40H47F3N4O7. The number of likely N-dealkylation sites (tertiary alicyclic amines) is 1. The number of benzene rings is 3. The van der Waals surface area contributed by atoms with Crippen LogP contribution in [0.4, 0.5) is 28.4 Å². The van der Waals surface area contributed by atoms with Crippen LogP contribution in [0.5, 0.6) is 5.75 Å². The number of likely N-dealkylation sites (N-methyl/N-ethyl adjacent to an activating group) is 1. The number of anilines is 1. The van der Waals surface area contributed by atoms with Crippen LogP contribution in [-0.4, -0.2) is 83.8 Å². The van der Waals surface area contributed by atoms with Crippen LogP contribution in [0, 0.1) is 0 Å². The van der Waals surface area contributed by atoms with Crippen LogP contribution in [0.3, 0.4) is 0 Å². The lowest BCUT2D eigenvalue weighted by Gasteiger charge is -2.44. The van der Waals surface area contributed by atoms with Crippen molar-refractivity contribution in [3.63, 3.8) is 0 Å². The predicted octanol–water partition coefficient (Wildman–Crippen LogP) is 7.39. The molecule has 1 fully saturated rings. The van der Waals surface area contributed by atoms with E-state index in [-0.39, 0.29) is 50.1 Å². The number of amides is 4. The predicted molar refractivity (Wildman–Crippen MR) is 195 cm³/mol. The molecule has 0 aromatic heterocycles. The molecule has 1 saturated heterocycles. The summed E-state index contributed by atoms with van der Waals surface area (Å²) < 4.78 is 61.3. The summed E-state index contributed by atoms with van der Waals surface area (Å²) in [5, 5.41) is 2.58. The minimum Gasteiger partial charge on any atom is -0.476 e. The lowest BCUT2D eigenvalue weighted by atomic mass is 9.84. The summed E-state index contributed by atoms with van der Waals surface area (Å²) in [4.78, 5) is 58.0. The number of halogens is 3. The van der Waals surface area contributed by atoms with E-state index < -0.39 is 58.5 Å². The van der Waals surface area contributed by atoms with Crippen LogP contribution in [0.2, 0.25) is 0 Å². The molecule has 54 heavy (non-hydrogen) atoms. The zero-order chi connectivity index (χ0) is 39.4. The molecule has 0 radical (unpaired) electrons. The number of hydrogen-bond donors (Lipinski definition) is 1. The van der Waals surface area contributed by atoms with Crippen LogP contribution in [0.15, 0.2) is 72.8 Å². The van der Waals surface area contributed by atoms with Crippen molar-refractivity contribution in [1.29, 1.82) is 0 Å². The van der Waals surface area contributed by atoms with Gasteiger partial charge in [0, 0.05) is 38.6 Å². The van der Waals surface area contributed by atoms with E-state index in [0.717, 1.165) is 23.3 Å². The van der Waals surface area contributed by atoms with Crippen molar-refractivity contribution in [3.8, 4) is 5.75 Å². The number of ether oxygens (including phenoxy) is 3. The van der Waals surface area contributed by atoms with Gasteiger partial charge in [-0.3, -0.25) is 9.59 Å². The monoisotopic (exact) mass is 752 g/mol. The molecule has 3 aromatic rings. The molecule has 0 aliphatic carbocycles. The van der Waals surface area contributed by atoms with Crippen molar-refractivity contribution < 1.29 is 46.6 Å². The molecule has 4 amide bonds. The van der Waals surface area contributed by atoms with Crippen molar-refractivity contribution in [2.24, 2.45) is 0 Å². The largest absolute Gasteiger partial charge is 0.476 e. The highest BCUT2D eigenvalue weighted by molar-refractivity contribution is 6.05. The van der Waals surface area contributed by atoms with Gasteiger partial charge in [-0.2, -0.15) is 13.2 Å². The highest BCUT2D eigenvalue weighted by Gasteiger charge is 2.46. The van der Waals surface area contributed by atoms with Gasteiger partial charge in [-0.15, -0.1) is 0 Å². The number of fused-ring (bicyclic) bond motifs is 1. The van der Waals surface area contributed by atoms with Crippen LogP contribution in [-0.2, 0) is 27.1 Å². The Morgan fingerprint density at radius 3 is 2.26 bits per heavy atom. The minimum absolute atomic E-state index is 0.0142. The Kier molecular flexibility index (Phi) is 11.8. The maximum atomic E-state index is 14.9. The van der Waals surface area contributed by atoms with E-state index in [0.29, 0.717) is 13.0 Å². The fourth-order valence-electron chi connectivity index (χ4n) is 6.80. The minimum atomic E-state index is -4.97. The van der Waals surface area contributed by atoms with Gasteiger partial charge in [0.15, 0.2) is 5.60 Å². The molecule has 5 rings (SSSR count). The summed E-state index contributed by atoms with van der Waals surface area (Å²) in [7, 11) is 0. The maximum absolute atomic E-state index is 14.9. The van der Waals surface area contributed by atoms with E-state index in [1.807, 2.05) is 36.4 Å². The molecule has 0 saturated carbocycles. The molecule has 0 spiro atoms. The molecule has 2 aliphatic heterocycles. The Morgan fingerprint density at radius 1 is 1.00 bits per heavy atom. The number of piperidine rings is 1. The first-order valence-electron chi connectivity index (χ1n) is 17.9. The molecule has 290 valence electrons. The van der Waals surface area contributed by atoms with Crippen molar-refractivity contribution >= 4 is 29.7 Å². The van der Waals surface area contributed by atoms with Crippen LogP contribution in [0.25, 0.3) is 0 Å². The number of alkyl carbamates (subject to hydrolysis) is 1. The summed E-state index contributed by atoms with van der Waals surface area (Å²) >= 11 is 0. The normalized spacial score (nSPS) is 18.3. The van der Waals surface area contributed by atoms with Crippen molar-refractivity contribution in [2.45, 2.75) is 83.9 Å². The first-order chi connectivity index (χ1) is 25.4. The third kappa shape index (κ3) is 9.26. The average molecular weight is 753 g/mol. The number of rotatable bonds is 9. The van der Waals surface area contributed by atoms with Crippen LogP contribution in [0.1, 0.15) is 80.9 Å². The van der Waals surface area contributed by atoms with Crippen molar-refractivity contribution in [2.75, 3.05) is 37.6 Å². The molecule has 14 heteroatoms. The summed E-state index contributed by atoms with van der Waals surface area (Å²) in [6.07, 6.45) is -5.88. The standard InChI is InChI=1S/C40H47F3N4O7/c1-7-46(32-24-45(37(51)54-38(2,3)4)20-18-28(32)27-16-12-9-13-17-27)34(48)29-22-31-33(23-30(29)40(41,42)43)53-39(5,6)35(49)47(31)21-19-44-36(50)52-25-26-14-10-8-11-15-26/h8-17,22-23,28,32H,7,18-21,24-25H2,1-6H3,(H,44,50)/t28-,32+/m1/s1. The van der Waals surface area contributed by atoms with Crippen molar-refractivity contribution in [1.82, 2.24) is 15.1 Å². The fraction of sp³-hybridized carbons (Fsp3) is 0.450. The summed E-state index contributed by atoms with van der Waals surface area (Å²) in [5.41, 5.74) is -2.65. The van der Waals surface area contributed by atoms with E-state index in [1.165, 1.54) is 28.5 Å². The number of nitrogens with one attached hydrogen (secondary N) is 1. The summed E-state index contributed by atoms with van der Waals surface area (Å²) in [6, 6.07) is 19.4. The van der Waals surface area contributed by atoms with E-state index in [1.54, 1.807) is 52.0 Å². The molecule has 2 atom stereocenters. The van der Waals surface area contributed by atoms with Gasteiger partial charge in [0.1, 0.15) is 18.0 Å². The molecule has 2 aliphatic rings. The van der Waals surface area contributed by atoms with Gasteiger partial charge in [-0.05, 0) is 71.2 Å². The lowest BCUT2D eigenvalue weighted by Crippen LogP contribution is -2.56. The summed E-state index contributed by atoms with van der Waals surface area (Å²) in [6.45, 7) is 9.86. The maximum Gasteiger partial charge on any atom is 0.417 e. The fourth-order valence-corrected chi connectivity index (χ4v) is 6.80. The SMILES string of the molecule is CCN(C(=O)c1cc2c(cc1C(F)(F)F)OC(C)(C)C(=O)N2CCNC(=O)OCc1ccccc1)[C@H]1CN(C(=O)OC(C)(C)C)CC[C@@H]1c1ccccc1. The Hall–Kier alpha value is -5.27. The van der Waals surface area contributed by atoms with Gasteiger partial charge in [0.25, 0.3) is 11.8 Å². The zero-order valence-corrected chi connectivity index (χ0v) is 31.4. The highest BCUT2D eigenvalue weighted by atomic mass is 19.4. The molecule has 2 heterocycles. The number of nitrogens with zero attached hydrogens (tertiary/aromatic N) is 3. The number of carbonyl (C=O) groups excluding carboxylic acids is 4. The van der Waals surface area contributed by atoms with Crippen LogP contribution >= 0.6 is 0 Å². The van der Waals surface area contributed by atoms with Gasteiger partial charge >= 0.3 is 18.4 Å². The third-order valence-electron chi connectivity index (χ3n) is 9.33. The first-order valence-corrected chi connectivity index (χ1v) is 17.9. The quantitative estimate of drug-likeness (QED) is 0.242. The molecule has 0 bridgehead atoms. The molecule has 0 unspecified atom stereocenters. The topological polar surface area (TPSA) is 118 Å². The second-order valence-electron chi connectivity index (χ2n) is 14.8. The second-order valence-corrected chi connectivity index (χ2v) is 14.8. The Morgan fingerprint density at radius 2 is 1.65 bits per heavy atom. The van der Waals surface area contributed by atoms with E-state index >= 15 is 0 Å². The number of carbonyl (C=O) groups is 4. The van der Waals surface area contributed by atoms with Crippen LogP contribution < -0.4 is 15.0 Å². The van der Waals surface area contributed by atoms with Crippen molar-refractivity contribution in [3.05, 3.63) is 95.1 Å². The van der Waals surface area contributed by atoms with E-state index in [4.69, 9.17) is 14.2 Å². The first kappa shape index (κ1) is 39.9. The summed E-state index contributed by atoms with van der Waals surface area (Å²) in [5.74, 6) is -2.06. The molecule has 11 nitrogen and oxygen atoms in total. The highest BCUT2D eigenvalue weighted by Crippen LogP contribution is 2.45. The van der Waals surface area contributed by atoms with Gasteiger partial charge in [-0.1, -0.05) is 60.7 Å². The number of alkyl halides is 3. The van der Waals surface area contributed by atoms with Gasteiger partial charge in [0.2, 0.25) is 0 Å². The Labute approximate surface area is 313 Å². The van der Waals surface area contributed by atoms with E-state index in [2.05, 4.69) is 5.32 Å². The Balaban J connectivity index is 1.48. The smallest absolute Gasteiger partial charge is 0.417 e. The second kappa shape index (κ2) is 16.0. The van der Waals surface area contributed by atoms with Gasteiger partial charge < -0.3 is 34.2 Å². The zero-order valence-electron chi connectivity index (χ0n) is 31.4. The third-order valence-corrected chi connectivity index (χ3v) is 9.33. The van der Waals surface area contributed by atoms with Gasteiger partial charge in [0.05, 0.1) is 22.9 Å². The van der Waals surface area contributed by atoms with E-state index in [9.17, 15) is 32.3 Å². The average Bonchev–Trinajstić information content (AvgIpc) is 3.11. The van der Waals surface area contributed by atoms with Gasteiger partial charge in [-0.25, -0.2) is 9.59 Å². The lowest BCUT2D eigenvalue weighted by molar-refractivity contribution is -0.138. The Bertz CT molecular complexity index is 1830. The molecule has 1 N–H and O–H groups in total. The molecular weight excluding hydrogens is 705 g/mol. The molecule has 3 aromatic carbocycles.